The van der Waals surface area contributed by atoms with Gasteiger partial charge in [0.2, 0.25) is 0 Å². The second-order valence-electron chi connectivity index (χ2n) is 5.25. The van der Waals surface area contributed by atoms with Gasteiger partial charge in [0.05, 0.1) is 3.58 Å². The van der Waals surface area contributed by atoms with Crippen LogP contribution < -0.4 is 0 Å². The number of hydrogen-bond acceptors (Lipinski definition) is 2. The Kier molecular flexibility index (Phi) is 3.36. The molecule has 3 nitrogen and oxygen atoms in total. The van der Waals surface area contributed by atoms with E-state index in [-0.39, 0.29) is 11.7 Å². The molecule has 1 spiro atoms. The number of hydrogen-bond donors (Lipinski definition) is 0. The highest BCUT2D eigenvalue weighted by Crippen LogP contribution is 2.49. The smallest absolute Gasteiger partial charge is 0.261 e. The molecule has 0 saturated heterocycles. The number of nitrogens with zero attached hydrogens (tertiary/aromatic N) is 1. The molecule has 0 fully saturated rings. The van der Waals surface area contributed by atoms with Gasteiger partial charge in [-0.05, 0) is 58.9 Å². The van der Waals surface area contributed by atoms with Crippen LogP contribution in [0.2, 0.25) is 0 Å². The minimum atomic E-state index is -0.650. The highest BCUT2D eigenvalue weighted by atomic mass is 127. The van der Waals surface area contributed by atoms with E-state index in [9.17, 15) is 9.59 Å². The Balaban J connectivity index is 2.29. The number of rotatable bonds is 1. The molecule has 1 amide bonds. The van der Waals surface area contributed by atoms with Crippen LogP contribution in [0.1, 0.15) is 12.5 Å². The first kappa shape index (κ1) is 14.3. The summed E-state index contributed by atoms with van der Waals surface area (Å²) in [7, 11) is 1.79. The summed E-state index contributed by atoms with van der Waals surface area (Å²) in [5.41, 5.74) is 2.18. The van der Waals surface area contributed by atoms with Gasteiger partial charge < -0.3 is 4.90 Å². The van der Waals surface area contributed by atoms with Crippen molar-refractivity contribution in [2.24, 2.45) is 0 Å². The van der Waals surface area contributed by atoms with Crippen molar-refractivity contribution in [1.29, 1.82) is 0 Å². The molecule has 4 heteroatoms. The number of ketones is 1. The average Bonchev–Trinajstić information content (AvgIpc) is 2.67. The van der Waals surface area contributed by atoms with Gasteiger partial charge in [-0.1, -0.05) is 30.3 Å². The van der Waals surface area contributed by atoms with E-state index in [1.807, 2.05) is 43.3 Å². The zero-order valence-corrected chi connectivity index (χ0v) is 13.9. The van der Waals surface area contributed by atoms with E-state index in [1.54, 1.807) is 24.1 Å². The number of carbonyl (C=O) groups excluding carboxylic acids is 2. The van der Waals surface area contributed by atoms with Gasteiger partial charge in [-0.15, -0.1) is 0 Å². The van der Waals surface area contributed by atoms with Gasteiger partial charge in [0, 0.05) is 12.6 Å². The van der Waals surface area contributed by atoms with Crippen LogP contribution in [0.3, 0.4) is 0 Å². The highest BCUT2D eigenvalue weighted by Gasteiger charge is 2.50. The van der Waals surface area contributed by atoms with Crippen molar-refractivity contribution in [3.05, 3.63) is 63.3 Å². The zero-order valence-electron chi connectivity index (χ0n) is 11.8. The van der Waals surface area contributed by atoms with Crippen molar-refractivity contribution in [2.45, 2.75) is 12.5 Å². The second-order valence-corrected chi connectivity index (χ2v) is 6.33. The van der Waals surface area contributed by atoms with Crippen molar-refractivity contribution in [3.63, 3.8) is 0 Å². The number of likely N-dealkylation sites (N-methyl/N-ethyl adjacent to an activating group) is 1. The Morgan fingerprint density at radius 2 is 1.81 bits per heavy atom. The Hall–Kier alpha value is -1.69. The molecule has 21 heavy (non-hydrogen) atoms. The van der Waals surface area contributed by atoms with Crippen LogP contribution in [0.5, 0.6) is 0 Å². The third-order valence-corrected chi connectivity index (χ3v) is 5.13. The largest absolute Gasteiger partial charge is 0.324 e. The molecule has 1 unspecified atom stereocenters. The summed E-state index contributed by atoms with van der Waals surface area (Å²) >= 11 is 2.11. The summed E-state index contributed by atoms with van der Waals surface area (Å²) in [4.78, 5) is 25.9. The maximum absolute atomic E-state index is 12.5. The molecule has 0 radical (unpaired) electrons. The summed E-state index contributed by atoms with van der Waals surface area (Å²) in [6, 6.07) is 9.87. The summed E-state index contributed by atoms with van der Waals surface area (Å²) in [5.74, 6) is -0.0468. The molecule has 1 aliphatic heterocycles. The van der Waals surface area contributed by atoms with E-state index >= 15 is 0 Å². The Morgan fingerprint density at radius 3 is 2.43 bits per heavy atom. The number of halogens is 1. The van der Waals surface area contributed by atoms with E-state index in [4.69, 9.17) is 0 Å². The molecule has 1 aliphatic carbocycles. The first-order valence-corrected chi connectivity index (χ1v) is 7.72. The standard InChI is InChI=1S/C17H14INO2/c1-11-10-13(20)8-9-17(11)14(12-6-4-3-5-7-12)15(18)16(21)19(17)2/h3-10H,1-2H3. The van der Waals surface area contributed by atoms with Crippen molar-refractivity contribution < 1.29 is 9.59 Å². The third kappa shape index (κ3) is 1.92. The quantitative estimate of drug-likeness (QED) is 0.690. The fraction of sp³-hybridized carbons (Fsp3) is 0.176. The van der Waals surface area contributed by atoms with Crippen LogP contribution >= 0.6 is 22.6 Å². The van der Waals surface area contributed by atoms with Gasteiger partial charge >= 0.3 is 0 Å². The third-order valence-electron chi connectivity index (χ3n) is 4.13. The molecular formula is C17H14INO2. The summed E-state index contributed by atoms with van der Waals surface area (Å²) < 4.78 is 0.702. The van der Waals surface area contributed by atoms with Crippen molar-refractivity contribution in [3.8, 4) is 0 Å². The van der Waals surface area contributed by atoms with Crippen molar-refractivity contribution in [2.75, 3.05) is 7.05 Å². The normalized spacial score (nSPS) is 25.1. The Bertz CT molecular complexity index is 730. The number of carbonyl (C=O) groups is 2. The number of benzene rings is 1. The molecule has 0 N–H and O–H groups in total. The van der Waals surface area contributed by atoms with Gasteiger partial charge in [0.25, 0.3) is 5.91 Å². The van der Waals surface area contributed by atoms with E-state index in [0.29, 0.717) is 3.58 Å². The number of amides is 1. The van der Waals surface area contributed by atoms with E-state index in [0.717, 1.165) is 16.7 Å². The summed E-state index contributed by atoms with van der Waals surface area (Å²) in [5, 5.41) is 0. The van der Waals surface area contributed by atoms with Gasteiger partial charge in [0.1, 0.15) is 5.54 Å². The Morgan fingerprint density at radius 1 is 1.14 bits per heavy atom. The lowest BCUT2D eigenvalue weighted by Gasteiger charge is -2.38. The SMILES string of the molecule is CC1=CC(=O)C=CC12C(c1ccccc1)=C(I)C(=O)N2C. The molecular weight excluding hydrogens is 377 g/mol. The molecule has 106 valence electrons. The summed E-state index contributed by atoms with van der Waals surface area (Å²) in [6.07, 6.45) is 5.01. The lowest BCUT2D eigenvalue weighted by molar-refractivity contribution is -0.125. The first-order chi connectivity index (χ1) is 9.98. The van der Waals surface area contributed by atoms with Gasteiger partial charge in [0.15, 0.2) is 5.78 Å². The second kappa shape index (κ2) is 4.94. The first-order valence-electron chi connectivity index (χ1n) is 6.64. The highest BCUT2D eigenvalue weighted by molar-refractivity contribution is 14.1. The van der Waals surface area contributed by atoms with E-state index in [2.05, 4.69) is 22.6 Å². The fourth-order valence-electron chi connectivity index (χ4n) is 3.06. The molecule has 1 aromatic rings. The minimum Gasteiger partial charge on any atom is -0.324 e. The lowest BCUT2D eigenvalue weighted by atomic mass is 9.77. The maximum atomic E-state index is 12.5. The molecule has 0 aromatic heterocycles. The van der Waals surface area contributed by atoms with Crippen LogP contribution in [0.15, 0.2) is 57.7 Å². The molecule has 0 bridgehead atoms. The number of allylic oxidation sites excluding steroid dienone is 2. The molecule has 2 aliphatic rings. The monoisotopic (exact) mass is 391 g/mol. The van der Waals surface area contributed by atoms with Crippen LogP contribution in [-0.2, 0) is 9.59 Å². The Labute approximate surface area is 137 Å². The predicted molar refractivity (Wildman–Crippen MR) is 90.8 cm³/mol. The topological polar surface area (TPSA) is 37.4 Å². The van der Waals surface area contributed by atoms with Crippen LogP contribution in [0.25, 0.3) is 5.57 Å². The molecule has 1 heterocycles. The average molecular weight is 391 g/mol. The van der Waals surface area contributed by atoms with E-state index in [1.165, 1.54) is 0 Å². The summed E-state index contributed by atoms with van der Waals surface area (Å²) in [6.45, 7) is 1.91. The van der Waals surface area contributed by atoms with Crippen molar-refractivity contribution in [1.82, 2.24) is 4.90 Å². The molecule has 1 aromatic carbocycles. The lowest BCUT2D eigenvalue weighted by Crippen LogP contribution is -2.46. The molecule has 0 saturated carbocycles. The van der Waals surface area contributed by atoms with Gasteiger partial charge in [-0.3, -0.25) is 9.59 Å². The van der Waals surface area contributed by atoms with Gasteiger partial charge in [-0.2, -0.15) is 0 Å². The molecule has 3 rings (SSSR count). The fourth-order valence-corrected chi connectivity index (χ4v) is 4.15. The minimum absolute atomic E-state index is 0.0128. The maximum Gasteiger partial charge on any atom is 0.261 e. The van der Waals surface area contributed by atoms with Gasteiger partial charge in [-0.25, -0.2) is 0 Å². The van der Waals surface area contributed by atoms with Crippen molar-refractivity contribution >= 4 is 39.9 Å². The molecule has 1 atom stereocenters. The van der Waals surface area contributed by atoms with E-state index < -0.39 is 5.54 Å². The van der Waals surface area contributed by atoms with Crippen LogP contribution in [0.4, 0.5) is 0 Å². The zero-order chi connectivity index (χ0) is 15.2. The predicted octanol–water partition coefficient (Wildman–Crippen LogP) is 3.13. The van der Waals surface area contributed by atoms with Crippen LogP contribution in [-0.4, -0.2) is 29.2 Å². The van der Waals surface area contributed by atoms with Crippen LogP contribution in [0, 0.1) is 0 Å².